The molecule has 1 aliphatic heterocycles. The molecule has 0 aromatic heterocycles. The fraction of sp³-hybridized carbons (Fsp3) is 0.333. The molecule has 1 aromatic carbocycles. The van der Waals surface area contributed by atoms with Crippen molar-refractivity contribution in [3.05, 3.63) is 46.9 Å². The van der Waals surface area contributed by atoms with E-state index in [1.807, 2.05) is 6.92 Å². The Labute approximate surface area is 128 Å². The normalized spacial score (nSPS) is 18.6. The molecule has 112 valence electrons. The number of benzene rings is 1. The molecule has 2 rings (SSSR count). The SMILES string of the molecule is CCOC(=O)C1=C(C)N(C)C(=S)N[C@@H]1c1ccc(F)cc1. The van der Waals surface area contributed by atoms with Crippen LogP contribution < -0.4 is 5.32 Å². The summed E-state index contributed by atoms with van der Waals surface area (Å²) in [6.45, 7) is 3.86. The molecular formula is C15H17FN2O2S. The summed E-state index contributed by atoms with van der Waals surface area (Å²) in [5.74, 6) is -0.723. The highest BCUT2D eigenvalue weighted by molar-refractivity contribution is 7.80. The van der Waals surface area contributed by atoms with Crippen molar-refractivity contribution in [1.82, 2.24) is 10.2 Å². The number of hydrogen-bond donors (Lipinski definition) is 1. The van der Waals surface area contributed by atoms with Gasteiger partial charge in [0.05, 0.1) is 18.2 Å². The van der Waals surface area contributed by atoms with Crippen molar-refractivity contribution in [3.8, 4) is 0 Å². The quantitative estimate of drug-likeness (QED) is 0.686. The maximum atomic E-state index is 13.1. The summed E-state index contributed by atoms with van der Waals surface area (Å²) < 4.78 is 18.2. The van der Waals surface area contributed by atoms with Crippen LogP contribution in [0.3, 0.4) is 0 Å². The van der Waals surface area contributed by atoms with Crippen LogP contribution in [0.1, 0.15) is 25.5 Å². The summed E-state index contributed by atoms with van der Waals surface area (Å²) in [5, 5.41) is 3.61. The van der Waals surface area contributed by atoms with Crippen molar-refractivity contribution >= 4 is 23.3 Å². The molecular weight excluding hydrogens is 291 g/mol. The molecule has 0 amide bonds. The molecule has 0 unspecified atom stereocenters. The van der Waals surface area contributed by atoms with E-state index in [9.17, 15) is 9.18 Å². The first kappa shape index (κ1) is 15.4. The van der Waals surface area contributed by atoms with Crippen LogP contribution in [0.15, 0.2) is 35.5 Å². The zero-order valence-electron chi connectivity index (χ0n) is 12.1. The van der Waals surface area contributed by atoms with Gasteiger partial charge in [0.2, 0.25) is 0 Å². The zero-order valence-corrected chi connectivity index (χ0v) is 13.0. The van der Waals surface area contributed by atoms with E-state index < -0.39 is 12.0 Å². The van der Waals surface area contributed by atoms with Crippen LogP contribution in [-0.4, -0.2) is 29.6 Å². The van der Waals surface area contributed by atoms with Crippen molar-refractivity contribution in [2.45, 2.75) is 19.9 Å². The summed E-state index contributed by atoms with van der Waals surface area (Å²) in [6.07, 6.45) is 0. The summed E-state index contributed by atoms with van der Waals surface area (Å²) >= 11 is 5.27. The largest absolute Gasteiger partial charge is 0.463 e. The first-order valence-corrected chi connectivity index (χ1v) is 7.04. The lowest BCUT2D eigenvalue weighted by atomic mass is 9.95. The second kappa shape index (κ2) is 6.22. The molecule has 0 fully saturated rings. The van der Waals surface area contributed by atoms with E-state index >= 15 is 0 Å². The minimum absolute atomic E-state index is 0.292. The Morgan fingerprint density at radius 2 is 2.05 bits per heavy atom. The minimum Gasteiger partial charge on any atom is -0.463 e. The smallest absolute Gasteiger partial charge is 0.338 e. The van der Waals surface area contributed by atoms with Crippen LogP contribution in [0.4, 0.5) is 4.39 Å². The molecule has 0 bridgehead atoms. The Balaban J connectivity index is 2.48. The van der Waals surface area contributed by atoms with Gasteiger partial charge in [0, 0.05) is 12.7 Å². The van der Waals surface area contributed by atoms with Gasteiger partial charge in [0.1, 0.15) is 5.82 Å². The van der Waals surface area contributed by atoms with E-state index in [-0.39, 0.29) is 5.82 Å². The van der Waals surface area contributed by atoms with Gasteiger partial charge in [-0.1, -0.05) is 12.1 Å². The predicted molar refractivity (Wildman–Crippen MR) is 82.0 cm³/mol. The van der Waals surface area contributed by atoms with Gasteiger partial charge < -0.3 is 15.0 Å². The molecule has 1 atom stereocenters. The number of nitrogens with zero attached hydrogens (tertiary/aromatic N) is 1. The number of nitrogens with one attached hydrogen (secondary N) is 1. The molecule has 1 heterocycles. The second-order valence-electron chi connectivity index (χ2n) is 4.71. The molecule has 0 saturated heterocycles. The Hall–Kier alpha value is -1.95. The van der Waals surface area contributed by atoms with Crippen molar-refractivity contribution < 1.29 is 13.9 Å². The van der Waals surface area contributed by atoms with E-state index in [1.165, 1.54) is 12.1 Å². The number of ether oxygens (including phenoxy) is 1. The molecule has 0 radical (unpaired) electrons. The average Bonchev–Trinajstić information content (AvgIpc) is 2.45. The number of rotatable bonds is 3. The average molecular weight is 308 g/mol. The first-order valence-electron chi connectivity index (χ1n) is 6.63. The third-order valence-corrected chi connectivity index (χ3v) is 3.84. The van der Waals surface area contributed by atoms with E-state index in [0.717, 1.165) is 11.3 Å². The number of hydrogen-bond acceptors (Lipinski definition) is 3. The Bertz CT molecular complexity index is 598. The summed E-state index contributed by atoms with van der Waals surface area (Å²) in [5.41, 5.74) is 1.97. The van der Waals surface area contributed by atoms with Crippen LogP contribution >= 0.6 is 12.2 Å². The van der Waals surface area contributed by atoms with Gasteiger partial charge in [-0.2, -0.15) is 0 Å². The Morgan fingerprint density at radius 1 is 1.43 bits per heavy atom. The van der Waals surface area contributed by atoms with E-state index in [0.29, 0.717) is 17.3 Å². The Morgan fingerprint density at radius 3 is 2.62 bits per heavy atom. The molecule has 1 aliphatic rings. The maximum absolute atomic E-state index is 13.1. The fourth-order valence-corrected chi connectivity index (χ4v) is 2.47. The van der Waals surface area contributed by atoms with Gasteiger partial charge in [-0.05, 0) is 43.8 Å². The molecule has 0 spiro atoms. The van der Waals surface area contributed by atoms with Crippen LogP contribution in [0, 0.1) is 5.82 Å². The number of esters is 1. The van der Waals surface area contributed by atoms with Gasteiger partial charge in [-0.3, -0.25) is 0 Å². The number of halogens is 1. The molecule has 0 aliphatic carbocycles. The molecule has 4 nitrogen and oxygen atoms in total. The topological polar surface area (TPSA) is 41.6 Å². The predicted octanol–water partition coefficient (Wildman–Crippen LogP) is 2.52. The van der Waals surface area contributed by atoms with Crippen LogP contribution in [0.5, 0.6) is 0 Å². The lowest BCUT2D eigenvalue weighted by Gasteiger charge is -2.35. The minimum atomic E-state index is -0.437. The second-order valence-corrected chi connectivity index (χ2v) is 5.10. The van der Waals surface area contributed by atoms with Crippen molar-refractivity contribution in [1.29, 1.82) is 0 Å². The number of thiocarbonyl (C=S) groups is 1. The van der Waals surface area contributed by atoms with E-state index in [4.69, 9.17) is 17.0 Å². The molecule has 1 N–H and O–H groups in total. The third kappa shape index (κ3) is 3.05. The van der Waals surface area contributed by atoms with Crippen molar-refractivity contribution in [2.24, 2.45) is 0 Å². The highest BCUT2D eigenvalue weighted by atomic mass is 32.1. The van der Waals surface area contributed by atoms with E-state index in [2.05, 4.69) is 5.32 Å². The van der Waals surface area contributed by atoms with Gasteiger partial charge in [0.25, 0.3) is 0 Å². The fourth-order valence-electron chi connectivity index (χ4n) is 2.21. The van der Waals surface area contributed by atoms with Crippen LogP contribution in [0.25, 0.3) is 0 Å². The number of allylic oxidation sites excluding steroid dienone is 1. The summed E-state index contributed by atoms with van der Waals surface area (Å²) in [7, 11) is 1.78. The number of carbonyl (C=O) groups excluding carboxylic acids is 1. The van der Waals surface area contributed by atoms with Crippen LogP contribution in [-0.2, 0) is 9.53 Å². The lowest BCUT2D eigenvalue weighted by molar-refractivity contribution is -0.139. The molecule has 1 aromatic rings. The lowest BCUT2D eigenvalue weighted by Crippen LogP contribution is -2.46. The monoisotopic (exact) mass is 308 g/mol. The van der Waals surface area contributed by atoms with Crippen molar-refractivity contribution in [2.75, 3.05) is 13.7 Å². The standard InChI is InChI=1S/C15H17FN2O2S/c1-4-20-14(19)12-9(2)18(3)15(21)17-13(12)10-5-7-11(16)8-6-10/h5-8,13H,4H2,1-3H3,(H,17,21)/t13-/m1/s1. The number of carbonyl (C=O) groups is 1. The Kier molecular flexibility index (Phi) is 4.57. The highest BCUT2D eigenvalue weighted by Gasteiger charge is 2.33. The van der Waals surface area contributed by atoms with Crippen LogP contribution in [0.2, 0.25) is 0 Å². The van der Waals surface area contributed by atoms with Gasteiger partial charge >= 0.3 is 5.97 Å². The molecule has 0 saturated carbocycles. The molecule has 21 heavy (non-hydrogen) atoms. The third-order valence-electron chi connectivity index (χ3n) is 3.45. The van der Waals surface area contributed by atoms with Gasteiger partial charge in [0.15, 0.2) is 5.11 Å². The summed E-state index contributed by atoms with van der Waals surface area (Å²) in [4.78, 5) is 14.0. The van der Waals surface area contributed by atoms with Gasteiger partial charge in [-0.25, -0.2) is 9.18 Å². The van der Waals surface area contributed by atoms with Gasteiger partial charge in [-0.15, -0.1) is 0 Å². The van der Waals surface area contributed by atoms with Crippen molar-refractivity contribution in [3.63, 3.8) is 0 Å². The highest BCUT2D eigenvalue weighted by Crippen LogP contribution is 2.30. The maximum Gasteiger partial charge on any atom is 0.338 e. The molecule has 6 heteroatoms. The summed E-state index contributed by atoms with van der Waals surface area (Å²) in [6, 6.07) is 5.54. The zero-order chi connectivity index (χ0) is 15.6. The first-order chi connectivity index (χ1) is 9.95. The van der Waals surface area contributed by atoms with E-state index in [1.54, 1.807) is 31.0 Å².